The normalized spacial score (nSPS) is 13.4. The predicted molar refractivity (Wildman–Crippen MR) is 84.4 cm³/mol. The molecule has 2 nitrogen and oxygen atoms in total. The van der Waals surface area contributed by atoms with E-state index >= 15 is 0 Å². The first-order valence-electron chi connectivity index (χ1n) is 7.55. The fourth-order valence-corrected chi connectivity index (χ4v) is 3.11. The molecular weight excluding hydrogens is 317 g/mol. The second-order valence-corrected chi connectivity index (χ2v) is 5.53. The Morgan fingerprint density at radius 3 is 2.54 bits per heavy atom. The second-order valence-electron chi connectivity index (χ2n) is 5.53. The number of allylic oxidation sites excluding steroid dienone is 1. The number of carbonyl (C=O) groups is 1. The molecular formula is C19H15F3O2. The molecule has 3 rings (SSSR count). The summed E-state index contributed by atoms with van der Waals surface area (Å²) in [6.45, 7) is 0.654. The van der Waals surface area contributed by atoms with Crippen molar-refractivity contribution in [1.82, 2.24) is 0 Å². The first-order valence-corrected chi connectivity index (χ1v) is 7.55. The fourth-order valence-electron chi connectivity index (χ4n) is 3.11. The summed E-state index contributed by atoms with van der Waals surface area (Å²) in [4.78, 5) is 10.3. The molecule has 0 atom stereocenters. The number of fused-ring (bicyclic) bond motifs is 1. The highest BCUT2D eigenvalue weighted by Crippen LogP contribution is 2.41. The Morgan fingerprint density at radius 2 is 1.79 bits per heavy atom. The molecule has 0 bridgehead atoms. The number of alkyl halides is 3. The first kappa shape index (κ1) is 16.3. The maximum atomic E-state index is 13.3. The monoisotopic (exact) mass is 332 g/mol. The minimum absolute atomic E-state index is 0.199. The zero-order valence-electron chi connectivity index (χ0n) is 12.8. The Balaban J connectivity index is 1.99. The molecule has 0 N–H and O–H groups in total. The van der Waals surface area contributed by atoms with Gasteiger partial charge in [-0.25, -0.2) is 0 Å². The zero-order chi connectivity index (χ0) is 17.2. The molecule has 24 heavy (non-hydrogen) atoms. The van der Waals surface area contributed by atoms with Crippen molar-refractivity contribution in [2.75, 3.05) is 6.61 Å². The van der Waals surface area contributed by atoms with Gasteiger partial charge in [0.05, 0.1) is 12.2 Å². The SMILES string of the molecule is O=COCCc1cccc2c1CC=C2c1ccccc1C(F)(F)F. The largest absolute Gasteiger partial charge is 0.468 e. The van der Waals surface area contributed by atoms with Gasteiger partial charge in [-0.15, -0.1) is 0 Å². The highest BCUT2D eigenvalue weighted by atomic mass is 19.4. The van der Waals surface area contributed by atoms with Crippen molar-refractivity contribution in [2.45, 2.75) is 19.0 Å². The number of hydrogen-bond acceptors (Lipinski definition) is 2. The van der Waals surface area contributed by atoms with Gasteiger partial charge < -0.3 is 4.74 Å². The van der Waals surface area contributed by atoms with E-state index in [0.29, 0.717) is 24.9 Å². The molecule has 2 aromatic carbocycles. The van der Waals surface area contributed by atoms with Crippen molar-refractivity contribution in [1.29, 1.82) is 0 Å². The van der Waals surface area contributed by atoms with Crippen LogP contribution >= 0.6 is 0 Å². The van der Waals surface area contributed by atoms with E-state index in [1.54, 1.807) is 6.07 Å². The van der Waals surface area contributed by atoms with Crippen LogP contribution in [0.5, 0.6) is 0 Å². The quantitative estimate of drug-likeness (QED) is 0.599. The van der Waals surface area contributed by atoms with Crippen LogP contribution in [0.15, 0.2) is 48.5 Å². The lowest BCUT2D eigenvalue weighted by molar-refractivity contribution is -0.137. The third kappa shape index (κ3) is 3.07. The molecule has 0 aliphatic heterocycles. The summed E-state index contributed by atoms with van der Waals surface area (Å²) >= 11 is 0. The van der Waals surface area contributed by atoms with Crippen molar-refractivity contribution in [3.8, 4) is 0 Å². The van der Waals surface area contributed by atoms with E-state index in [9.17, 15) is 18.0 Å². The van der Waals surface area contributed by atoms with Crippen LogP contribution in [0.4, 0.5) is 13.2 Å². The van der Waals surface area contributed by atoms with Gasteiger partial charge in [-0.3, -0.25) is 4.79 Å². The molecule has 1 aliphatic rings. The van der Waals surface area contributed by atoms with Crippen molar-refractivity contribution < 1.29 is 22.7 Å². The number of carbonyl (C=O) groups excluding carboxylic acids is 1. The number of benzene rings is 2. The van der Waals surface area contributed by atoms with Gasteiger partial charge in [0.15, 0.2) is 0 Å². The maximum Gasteiger partial charge on any atom is 0.417 e. The van der Waals surface area contributed by atoms with Crippen LogP contribution in [-0.2, 0) is 28.5 Å². The van der Waals surface area contributed by atoms with Gasteiger partial charge in [-0.1, -0.05) is 42.5 Å². The molecule has 0 saturated heterocycles. The summed E-state index contributed by atoms with van der Waals surface area (Å²) in [5.74, 6) is 0. The third-order valence-corrected chi connectivity index (χ3v) is 4.15. The van der Waals surface area contributed by atoms with Crippen LogP contribution < -0.4 is 0 Å². The molecule has 0 radical (unpaired) electrons. The van der Waals surface area contributed by atoms with Crippen LogP contribution in [0.25, 0.3) is 5.57 Å². The van der Waals surface area contributed by atoms with E-state index in [1.807, 2.05) is 24.3 Å². The van der Waals surface area contributed by atoms with Crippen molar-refractivity contribution >= 4 is 12.0 Å². The first-order chi connectivity index (χ1) is 11.5. The molecule has 0 spiro atoms. The molecule has 124 valence electrons. The lowest BCUT2D eigenvalue weighted by atomic mass is 9.92. The van der Waals surface area contributed by atoms with Crippen LogP contribution in [0.2, 0.25) is 0 Å². The van der Waals surface area contributed by atoms with E-state index in [0.717, 1.165) is 22.8 Å². The predicted octanol–water partition coefficient (Wildman–Crippen LogP) is 4.41. The molecule has 0 aromatic heterocycles. The van der Waals surface area contributed by atoms with E-state index < -0.39 is 11.7 Å². The molecule has 0 saturated carbocycles. The van der Waals surface area contributed by atoms with Gasteiger partial charge in [0.2, 0.25) is 0 Å². The number of halogens is 3. The molecule has 1 aliphatic carbocycles. The number of hydrogen-bond donors (Lipinski definition) is 0. The summed E-state index contributed by atoms with van der Waals surface area (Å²) in [7, 11) is 0. The van der Waals surface area contributed by atoms with E-state index in [1.165, 1.54) is 12.1 Å². The van der Waals surface area contributed by atoms with Gasteiger partial charge in [-0.2, -0.15) is 13.2 Å². The average molecular weight is 332 g/mol. The summed E-state index contributed by atoms with van der Waals surface area (Å²) in [6.07, 6.45) is -1.44. The van der Waals surface area contributed by atoms with E-state index in [-0.39, 0.29) is 12.2 Å². The summed E-state index contributed by atoms with van der Waals surface area (Å²) < 4.78 is 44.6. The highest BCUT2D eigenvalue weighted by molar-refractivity contribution is 5.86. The fraction of sp³-hybridized carbons (Fsp3) is 0.211. The molecule has 0 fully saturated rings. The van der Waals surface area contributed by atoms with Gasteiger partial charge >= 0.3 is 6.18 Å². The molecule has 0 unspecified atom stereocenters. The van der Waals surface area contributed by atoms with E-state index in [2.05, 4.69) is 0 Å². The summed E-state index contributed by atoms with van der Waals surface area (Å²) in [5.41, 5.74) is 2.99. The average Bonchev–Trinajstić information content (AvgIpc) is 2.99. The summed E-state index contributed by atoms with van der Waals surface area (Å²) in [5, 5.41) is 0. The minimum Gasteiger partial charge on any atom is -0.468 e. The second kappa shape index (κ2) is 6.51. The van der Waals surface area contributed by atoms with E-state index in [4.69, 9.17) is 4.74 Å². The van der Waals surface area contributed by atoms with Crippen LogP contribution in [0.3, 0.4) is 0 Å². The van der Waals surface area contributed by atoms with Gasteiger partial charge in [0.25, 0.3) is 6.47 Å². The highest BCUT2D eigenvalue weighted by Gasteiger charge is 2.34. The molecule has 0 amide bonds. The molecule has 0 heterocycles. The van der Waals surface area contributed by atoms with Gasteiger partial charge in [0, 0.05) is 6.42 Å². The van der Waals surface area contributed by atoms with Crippen LogP contribution in [0, 0.1) is 0 Å². The lowest BCUT2D eigenvalue weighted by Crippen LogP contribution is -2.08. The topological polar surface area (TPSA) is 26.3 Å². The molecule has 5 heteroatoms. The lowest BCUT2D eigenvalue weighted by Gasteiger charge is -2.15. The maximum absolute atomic E-state index is 13.3. The Bertz CT molecular complexity index is 791. The van der Waals surface area contributed by atoms with Crippen LogP contribution in [0.1, 0.15) is 27.8 Å². The van der Waals surface area contributed by atoms with Crippen molar-refractivity contribution in [3.63, 3.8) is 0 Å². The number of rotatable bonds is 5. The third-order valence-electron chi connectivity index (χ3n) is 4.15. The number of ether oxygens (including phenoxy) is 1. The smallest absolute Gasteiger partial charge is 0.417 e. The molecule has 2 aromatic rings. The van der Waals surface area contributed by atoms with Crippen molar-refractivity contribution in [3.05, 3.63) is 76.4 Å². The van der Waals surface area contributed by atoms with Gasteiger partial charge in [0.1, 0.15) is 0 Å². The zero-order valence-corrected chi connectivity index (χ0v) is 12.8. The van der Waals surface area contributed by atoms with Crippen LogP contribution in [-0.4, -0.2) is 13.1 Å². The Kier molecular flexibility index (Phi) is 4.42. The summed E-state index contributed by atoms with van der Waals surface area (Å²) in [6, 6.07) is 11.2. The van der Waals surface area contributed by atoms with Crippen molar-refractivity contribution in [2.24, 2.45) is 0 Å². The standard InChI is InChI=1S/C19H15F3O2/c20-19(21,22)18-7-2-1-5-17(18)16-9-8-14-13(10-11-24-12-23)4-3-6-15(14)16/h1-7,9,12H,8,10-11H2. The minimum atomic E-state index is -4.39. The van der Waals surface area contributed by atoms with Gasteiger partial charge in [-0.05, 0) is 40.3 Å². The Hall–Kier alpha value is -2.56. The Morgan fingerprint density at radius 1 is 1.04 bits per heavy atom. The Labute approximate surface area is 137 Å².